The van der Waals surface area contributed by atoms with Crippen LogP contribution in [0.15, 0.2) is 58.7 Å². The van der Waals surface area contributed by atoms with E-state index >= 15 is 0 Å². The number of carbonyl (C=O) groups excluding carboxylic acids is 2. The van der Waals surface area contributed by atoms with Gasteiger partial charge in [-0.2, -0.15) is 10.2 Å². The molecule has 0 aromatic heterocycles. The Morgan fingerprint density at radius 3 is 2.72 bits per heavy atom. The first-order valence-electron chi connectivity index (χ1n) is 9.07. The predicted molar refractivity (Wildman–Crippen MR) is 109 cm³/mol. The molecule has 29 heavy (non-hydrogen) atoms. The van der Waals surface area contributed by atoms with Gasteiger partial charge in [0.1, 0.15) is 6.61 Å². The van der Waals surface area contributed by atoms with Gasteiger partial charge in [0.2, 0.25) is 11.8 Å². The van der Waals surface area contributed by atoms with E-state index in [0.29, 0.717) is 23.8 Å². The minimum absolute atomic E-state index is 0.00586. The van der Waals surface area contributed by atoms with Crippen LogP contribution in [0.1, 0.15) is 24.5 Å². The summed E-state index contributed by atoms with van der Waals surface area (Å²) in [6.45, 7) is 2.13. The maximum atomic E-state index is 12.0. The molecule has 0 saturated carbocycles. The Labute approximate surface area is 168 Å². The number of rotatable bonds is 8. The second-order valence-corrected chi connectivity index (χ2v) is 6.46. The third-order valence-corrected chi connectivity index (χ3v) is 4.38. The highest BCUT2D eigenvalue weighted by Gasteiger charge is 2.28. The minimum Gasteiger partial charge on any atom is -0.493 e. The first kappa shape index (κ1) is 20.1. The van der Waals surface area contributed by atoms with Crippen molar-refractivity contribution in [2.45, 2.75) is 20.0 Å². The molecule has 2 aromatic rings. The molecule has 1 aliphatic heterocycles. The fourth-order valence-corrected chi connectivity index (χ4v) is 2.76. The molecule has 1 unspecified atom stereocenters. The van der Waals surface area contributed by atoms with E-state index in [4.69, 9.17) is 9.47 Å². The van der Waals surface area contributed by atoms with Crippen molar-refractivity contribution >= 4 is 23.7 Å². The zero-order chi connectivity index (χ0) is 20.6. The SMILES string of the molecule is COc1cc(C=NNC(=O)CC2C(=O)NN=C2C)ccc1OCc1ccccc1. The monoisotopic (exact) mass is 394 g/mol. The van der Waals surface area contributed by atoms with Crippen molar-refractivity contribution in [1.82, 2.24) is 10.9 Å². The first-order chi connectivity index (χ1) is 14.1. The van der Waals surface area contributed by atoms with Gasteiger partial charge in [0.25, 0.3) is 0 Å². The van der Waals surface area contributed by atoms with E-state index in [-0.39, 0.29) is 18.2 Å². The molecule has 1 heterocycles. The Morgan fingerprint density at radius 1 is 1.24 bits per heavy atom. The average molecular weight is 394 g/mol. The molecule has 0 aliphatic carbocycles. The summed E-state index contributed by atoms with van der Waals surface area (Å²) < 4.78 is 11.2. The Balaban J connectivity index is 1.56. The highest BCUT2D eigenvalue weighted by Crippen LogP contribution is 2.28. The smallest absolute Gasteiger partial charge is 0.249 e. The quantitative estimate of drug-likeness (QED) is 0.530. The fraction of sp³-hybridized carbons (Fsp3) is 0.238. The van der Waals surface area contributed by atoms with E-state index in [0.717, 1.165) is 11.1 Å². The standard InChI is InChI=1S/C21H22N4O4/c1-14-17(21(27)25-23-14)11-20(26)24-22-12-16-8-9-18(19(10-16)28-2)29-13-15-6-4-3-5-7-15/h3-10,12,17H,11,13H2,1-2H3,(H,24,26)(H,25,27). The molecule has 0 bridgehead atoms. The van der Waals surface area contributed by atoms with Crippen LogP contribution in [0, 0.1) is 5.92 Å². The lowest BCUT2D eigenvalue weighted by molar-refractivity contribution is -0.127. The fourth-order valence-electron chi connectivity index (χ4n) is 2.76. The van der Waals surface area contributed by atoms with Crippen LogP contribution in [0.3, 0.4) is 0 Å². The summed E-state index contributed by atoms with van der Waals surface area (Å²) >= 11 is 0. The number of hydrazone groups is 2. The van der Waals surface area contributed by atoms with Gasteiger partial charge in [0, 0.05) is 12.1 Å². The Bertz CT molecular complexity index is 941. The van der Waals surface area contributed by atoms with Gasteiger partial charge in [-0.05, 0) is 36.2 Å². The molecule has 3 rings (SSSR count). The summed E-state index contributed by atoms with van der Waals surface area (Å²) in [4.78, 5) is 23.6. The van der Waals surface area contributed by atoms with Crippen molar-refractivity contribution < 1.29 is 19.1 Å². The van der Waals surface area contributed by atoms with Gasteiger partial charge in [-0.25, -0.2) is 10.9 Å². The van der Waals surface area contributed by atoms with E-state index < -0.39 is 5.92 Å². The number of hydrogen-bond donors (Lipinski definition) is 2. The first-order valence-corrected chi connectivity index (χ1v) is 9.07. The number of benzene rings is 2. The second kappa shape index (κ2) is 9.50. The van der Waals surface area contributed by atoms with Gasteiger partial charge < -0.3 is 9.47 Å². The number of nitrogens with one attached hydrogen (secondary N) is 2. The summed E-state index contributed by atoms with van der Waals surface area (Å²) in [6, 6.07) is 15.2. The average Bonchev–Trinajstić information content (AvgIpc) is 3.05. The van der Waals surface area contributed by atoms with Crippen LogP contribution >= 0.6 is 0 Å². The molecule has 1 aliphatic rings. The largest absolute Gasteiger partial charge is 0.493 e. The van der Waals surface area contributed by atoms with Gasteiger partial charge in [-0.15, -0.1) is 0 Å². The molecule has 1 atom stereocenters. The van der Waals surface area contributed by atoms with Crippen LogP contribution in [0.4, 0.5) is 0 Å². The molecule has 150 valence electrons. The molecule has 2 amide bonds. The van der Waals surface area contributed by atoms with Crippen LogP contribution in [-0.2, 0) is 16.2 Å². The Morgan fingerprint density at radius 2 is 2.03 bits per heavy atom. The summed E-state index contributed by atoms with van der Waals surface area (Å²) in [7, 11) is 1.56. The van der Waals surface area contributed by atoms with Crippen LogP contribution in [0.5, 0.6) is 11.5 Å². The molecule has 0 fully saturated rings. The summed E-state index contributed by atoms with van der Waals surface area (Å²) in [5.74, 6) is -0.0263. The third-order valence-electron chi connectivity index (χ3n) is 4.38. The number of amides is 2. The molecule has 8 nitrogen and oxygen atoms in total. The van der Waals surface area contributed by atoms with Crippen LogP contribution in [-0.4, -0.2) is 30.9 Å². The van der Waals surface area contributed by atoms with E-state index in [1.807, 2.05) is 30.3 Å². The molecule has 2 aromatic carbocycles. The van der Waals surface area contributed by atoms with Crippen molar-refractivity contribution in [1.29, 1.82) is 0 Å². The van der Waals surface area contributed by atoms with E-state index in [1.54, 1.807) is 32.2 Å². The van der Waals surface area contributed by atoms with E-state index in [9.17, 15) is 9.59 Å². The highest BCUT2D eigenvalue weighted by atomic mass is 16.5. The van der Waals surface area contributed by atoms with Gasteiger partial charge in [0.15, 0.2) is 11.5 Å². The number of nitrogens with zero attached hydrogens (tertiary/aromatic N) is 2. The topological polar surface area (TPSA) is 101 Å². The maximum Gasteiger partial charge on any atom is 0.249 e. The third kappa shape index (κ3) is 5.41. The molecule has 2 N–H and O–H groups in total. The van der Waals surface area contributed by atoms with Crippen molar-refractivity contribution in [3.05, 3.63) is 59.7 Å². The molecule has 0 saturated heterocycles. The molecule has 0 spiro atoms. The minimum atomic E-state index is -0.550. The van der Waals surface area contributed by atoms with E-state index in [1.165, 1.54) is 6.21 Å². The summed E-state index contributed by atoms with van der Waals surface area (Å²) in [5.41, 5.74) is 7.14. The van der Waals surface area contributed by atoms with Gasteiger partial charge in [0.05, 0.1) is 19.2 Å². The number of ether oxygens (including phenoxy) is 2. The molecular formula is C21H22N4O4. The van der Waals surface area contributed by atoms with E-state index in [2.05, 4.69) is 21.1 Å². The summed E-state index contributed by atoms with van der Waals surface area (Å²) in [5, 5.41) is 7.75. The van der Waals surface area contributed by atoms with Crippen LogP contribution in [0.2, 0.25) is 0 Å². The zero-order valence-corrected chi connectivity index (χ0v) is 16.2. The van der Waals surface area contributed by atoms with Crippen molar-refractivity contribution in [3.63, 3.8) is 0 Å². The lowest BCUT2D eigenvalue weighted by Gasteiger charge is -2.11. The molecular weight excluding hydrogens is 372 g/mol. The van der Waals surface area contributed by atoms with Crippen LogP contribution in [0.25, 0.3) is 0 Å². The zero-order valence-electron chi connectivity index (χ0n) is 16.2. The normalized spacial score (nSPS) is 15.7. The Kier molecular flexibility index (Phi) is 6.57. The van der Waals surface area contributed by atoms with Gasteiger partial charge in [-0.3, -0.25) is 9.59 Å². The predicted octanol–water partition coefficient (Wildman–Crippen LogP) is 2.24. The van der Waals surface area contributed by atoms with Gasteiger partial charge in [-0.1, -0.05) is 30.3 Å². The van der Waals surface area contributed by atoms with Crippen molar-refractivity contribution in [2.24, 2.45) is 16.1 Å². The van der Waals surface area contributed by atoms with Crippen LogP contribution < -0.4 is 20.3 Å². The second-order valence-electron chi connectivity index (χ2n) is 6.46. The summed E-state index contributed by atoms with van der Waals surface area (Å²) in [6.07, 6.45) is 1.49. The highest BCUT2D eigenvalue weighted by molar-refractivity contribution is 6.09. The number of methoxy groups -OCH3 is 1. The lowest BCUT2D eigenvalue weighted by atomic mass is 10.0. The number of hydrogen-bond acceptors (Lipinski definition) is 6. The Hall–Kier alpha value is -3.68. The van der Waals surface area contributed by atoms with Crippen molar-refractivity contribution in [2.75, 3.05) is 7.11 Å². The lowest BCUT2D eigenvalue weighted by Crippen LogP contribution is -2.29. The van der Waals surface area contributed by atoms with Gasteiger partial charge >= 0.3 is 0 Å². The van der Waals surface area contributed by atoms with Crippen molar-refractivity contribution in [3.8, 4) is 11.5 Å². The molecule has 8 heteroatoms. The molecule has 0 radical (unpaired) electrons. The number of carbonyl (C=O) groups is 2. The maximum absolute atomic E-state index is 12.0.